The molecule has 134 valence electrons. The van der Waals surface area contributed by atoms with Crippen LogP contribution in [0.2, 0.25) is 0 Å². The Hall–Kier alpha value is -1.18. The molecule has 0 aromatic rings. The molecule has 1 aliphatic rings. The smallest absolute Gasteiger partial charge is 0.306 e. The Morgan fingerprint density at radius 1 is 1.09 bits per heavy atom. The molecular formula is C16H28O7. The minimum absolute atomic E-state index is 0.0125. The standard InChI is InChI=1S/C16H28O7/c1-9(2)5-13(17)21-8-12-16(20)11(7-15(19)23-12)22-14(18)6-10(3)4/h9-12,15-16,19-20H,5-8H2,1-4H3. The van der Waals surface area contributed by atoms with Crippen molar-refractivity contribution in [3.63, 3.8) is 0 Å². The van der Waals surface area contributed by atoms with Crippen LogP contribution in [0.3, 0.4) is 0 Å². The van der Waals surface area contributed by atoms with Crippen molar-refractivity contribution >= 4 is 11.9 Å². The van der Waals surface area contributed by atoms with E-state index in [4.69, 9.17) is 14.2 Å². The van der Waals surface area contributed by atoms with Gasteiger partial charge in [-0.05, 0) is 11.8 Å². The highest BCUT2D eigenvalue weighted by atomic mass is 16.6. The Morgan fingerprint density at radius 3 is 2.22 bits per heavy atom. The molecule has 0 aliphatic carbocycles. The molecule has 4 unspecified atom stereocenters. The van der Waals surface area contributed by atoms with Crippen LogP contribution >= 0.6 is 0 Å². The first kappa shape index (κ1) is 19.9. The third-order valence-electron chi connectivity index (χ3n) is 3.37. The first-order chi connectivity index (χ1) is 10.7. The van der Waals surface area contributed by atoms with E-state index in [2.05, 4.69) is 0 Å². The fraction of sp³-hybridized carbons (Fsp3) is 0.875. The zero-order valence-corrected chi connectivity index (χ0v) is 14.2. The van der Waals surface area contributed by atoms with Gasteiger partial charge in [-0.1, -0.05) is 27.7 Å². The van der Waals surface area contributed by atoms with Crippen molar-refractivity contribution in [3.05, 3.63) is 0 Å². The molecule has 1 aliphatic heterocycles. The number of ether oxygens (including phenoxy) is 3. The fourth-order valence-corrected chi connectivity index (χ4v) is 2.29. The van der Waals surface area contributed by atoms with Crippen molar-refractivity contribution in [2.24, 2.45) is 11.8 Å². The van der Waals surface area contributed by atoms with E-state index in [-0.39, 0.29) is 37.7 Å². The molecular weight excluding hydrogens is 304 g/mol. The monoisotopic (exact) mass is 332 g/mol. The Labute approximate surface area is 136 Å². The quantitative estimate of drug-likeness (QED) is 0.671. The van der Waals surface area contributed by atoms with E-state index in [9.17, 15) is 19.8 Å². The van der Waals surface area contributed by atoms with Crippen molar-refractivity contribution in [1.82, 2.24) is 0 Å². The van der Waals surface area contributed by atoms with Crippen LogP contribution in [0, 0.1) is 11.8 Å². The van der Waals surface area contributed by atoms with Gasteiger partial charge in [0.15, 0.2) is 6.29 Å². The first-order valence-electron chi connectivity index (χ1n) is 8.05. The van der Waals surface area contributed by atoms with E-state index in [0.717, 1.165) is 0 Å². The molecule has 1 heterocycles. The van der Waals surface area contributed by atoms with Crippen LogP contribution in [-0.4, -0.2) is 53.4 Å². The minimum atomic E-state index is -1.18. The molecule has 0 spiro atoms. The van der Waals surface area contributed by atoms with Crippen molar-refractivity contribution < 1.29 is 34.0 Å². The van der Waals surface area contributed by atoms with Crippen LogP contribution in [0.4, 0.5) is 0 Å². The molecule has 0 radical (unpaired) electrons. The second-order valence-corrected chi connectivity index (χ2v) is 6.76. The van der Waals surface area contributed by atoms with Crippen molar-refractivity contribution in [1.29, 1.82) is 0 Å². The molecule has 7 nitrogen and oxygen atoms in total. The van der Waals surface area contributed by atoms with Gasteiger partial charge in [0.2, 0.25) is 0 Å². The van der Waals surface area contributed by atoms with Gasteiger partial charge in [0.1, 0.15) is 24.9 Å². The highest BCUT2D eigenvalue weighted by Crippen LogP contribution is 2.23. The predicted octanol–water partition coefficient (Wildman–Crippen LogP) is 1.00. The van der Waals surface area contributed by atoms with Gasteiger partial charge in [0.25, 0.3) is 0 Å². The summed E-state index contributed by atoms with van der Waals surface area (Å²) in [5.41, 5.74) is 0. The lowest BCUT2D eigenvalue weighted by Gasteiger charge is -2.36. The number of hydrogen-bond acceptors (Lipinski definition) is 7. The molecule has 0 amide bonds. The highest BCUT2D eigenvalue weighted by molar-refractivity contribution is 5.70. The Balaban J connectivity index is 2.53. The molecule has 7 heteroatoms. The SMILES string of the molecule is CC(C)CC(=O)OCC1OC(O)CC(OC(=O)CC(C)C)C1O. The van der Waals surface area contributed by atoms with Gasteiger partial charge < -0.3 is 24.4 Å². The van der Waals surface area contributed by atoms with Crippen LogP contribution in [0.5, 0.6) is 0 Å². The van der Waals surface area contributed by atoms with Gasteiger partial charge in [0.05, 0.1) is 0 Å². The molecule has 0 aromatic heterocycles. The summed E-state index contributed by atoms with van der Waals surface area (Å²) in [7, 11) is 0. The van der Waals surface area contributed by atoms with E-state index in [1.165, 1.54) is 0 Å². The van der Waals surface area contributed by atoms with E-state index in [1.54, 1.807) is 0 Å². The summed E-state index contributed by atoms with van der Waals surface area (Å²) in [4.78, 5) is 23.3. The Kier molecular flexibility index (Phi) is 7.94. The van der Waals surface area contributed by atoms with Crippen molar-refractivity contribution in [3.8, 4) is 0 Å². The maximum atomic E-state index is 11.7. The third kappa shape index (κ3) is 7.28. The van der Waals surface area contributed by atoms with Crippen LogP contribution < -0.4 is 0 Å². The van der Waals surface area contributed by atoms with E-state index < -0.39 is 36.5 Å². The second kappa shape index (κ2) is 9.20. The highest BCUT2D eigenvalue weighted by Gasteiger charge is 2.40. The zero-order valence-electron chi connectivity index (χ0n) is 14.2. The van der Waals surface area contributed by atoms with Crippen LogP contribution in [0.25, 0.3) is 0 Å². The largest absolute Gasteiger partial charge is 0.463 e. The first-order valence-corrected chi connectivity index (χ1v) is 8.05. The van der Waals surface area contributed by atoms with Crippen molar-refractivity contribution in [2.45, 2.75) is 71.6 Å². The molecule has 4 atom stereocenters. The number of esters is 2. The molecule has 1 rings (SSSR count). The predicted molar refractivity (Wildman–Crippen MR) is 81.3 cm³/mol. The number of aliphatic hydroxyl groups is 2. The lowest BCUT2D eigenvalue weighted by Crippen LogP contribution is -2.52. The molecule has 0 saturated carbocycles. The second-order valence-electron chi connectivity index (χ2n) is 6.76. The van der Waals surface area contributed by atoms with E-state index in [0.29, 0.717) is 0 Å². The van der Waals surface area contributed by atoms with Gasteiger partial charge in [0, 0.05) is 19.3 Å². The molecule has 0 bridgehead atoms. The number of carbonyl (C=O) groups is 2. The average molecular weight is 332 g/mol. The molecule has 23 heavy (non-hydrogen) atoms. The van der Waals surface area contributed by atoms with Gasteiger partial charge in [-0.15, -0.1) is 0 Å². The summed E-state index contributed by atoms with van der Waals surface area (Å²) < 4.78 is 15.5. The lowest BCUT2D eigenvalue weighted by molar-refractivity contribution is -0.247. The van der Waals surface area contributed by atoms with Gasteiger partial charge in [-0.25, -0.2) is 0 Å². The molecule has 1 saturated heterocycles. The summed E-state index contributed by atoms with van der Waals surface area (Å²) in [6.45, 7) is 7.35. The van der Waals surface area contributed by atoms with Gasteiger partial charge in [-0.2, -0.15) is 0 Å². The Morgan fingerprint density at radius 2 is 1.65 bits per heavy atom. The van der Waals surface area contributed by atoms with Gasteiger partial charge in [-0.3, -0.25) is 9.59 Å². The summed E-state index contributed by atoms with van der Waals surface area (Å²) in [6.07, 6.45) is -3.65. The van der Waals surface area contributed by atoms with Crippen LogP contribution in [-0.2, 0) is 23.8 Å². The normalized spacial score (nSPS) is 28.0. The van der Waals surface area contributed by atoms with Gasteiger partial charge >= 0.3 is 11.9 Å². The molecule has 2 N–H and O–H groups in total. The topological polar surface area (TPSA) is 102 Å². The zero-order chi connectivity index (χ0) is 17.6. The number of aliphatic hydroxyl groups excluding tert-OH is 2. The maximum Gasteiger partial charge on any atom is 0.306 e. The lowest BCUT2D eigenvalue weighted by atomic mass is 10.0. The molecule has 0 aromatic carbocycles. The summed E-state index contributed by atoms with van der Waals surface area (Å²) in [5, 5.41) is 19.9. The summed E-state index contributed by atoms with van der Waals surface area (Å²) >= 11 is 0. The van der Waals surface area contributed by atoms with Crippen molar-refractivity contribution in [2.75, 3.05) is 6.61 Å². The minimum Gasteiger partial charge on any atom is -0.463 e. The number of hydrogen-bond donors (Lipinski definition) is 2. The average Bonchev–Trinajstić information content (AvgIpc) is 2.39. The van der Waals surface area contributed by atoms with E-state index >= 15 is 0 Å². The Bertz CT molecular complexity index is 394. The molecule has 1 fully saturated rings. The summed E-state index contributed by atoms with van der Waals surface area (Å²) in [5.74, 6) is -0.537. The fourth-order valence-electron chi connectivity index (χ4n) is 2.29. The summed E-state index contributed by atoms with van der Waals surface area (Å²) in [6, 6.07) is 0. The number of carbonyl (C=O) groups excluding carboxylic acids is 2. The van der Waals surface area contributed by atoms with Crippen LogP contribution in [0.1, 0.15) is 47.0 Å². The third-order valence-corrected chi connectivity index (χ3v) is 3.37. The van der Waals surface area contributed by atoms with E-state index in [1.807, 2.05) is 27.7 Å². The van der Waals surface area contributed by atoms with Crippen LogP contribution in [0.15, 0.2) is 0 Å². The maximum absolute atomic E-state index is 11.7. The number of rotatable bonds is 7.